The van der Waals surface area contributed by atoms with Crippen molar-refractivity contribution in [3.63, 3.8) is 0 Å². The normalized spacial score (nSPS) is 17.4. The molecule has 6 heteroatoms. The summed E-state index contributed by atoms with van der Waals surface area (Å²) >= 11 is 6.09. The third-order valence-corrected chi connectivity index (χ3v) is 6.68. The number of benzene rings is 4. The van der Waals surface area contributed by atoms with Crippen molar-refractivity contribution in [1.29, 1.82) is 0 Å². The molecule has 4 aromatic carbocycles. The molecule has 0 bridgehead atoms. The highest BCUT2D eigenvalue weighted by atomic mass is 35.5. The molecule has 2 unspecified atom stereocenters. The van der Waals surface area contributed by atoms with Gasteiger partial charge < -0.3 is 5.11 Å². The number of halogens is 1. The summed E-state index contributed by atoms with van der Waals surface area (Å²) in [6.07, 6.45) is 0.520. The Labute approximate surface area is 208 Å². The predicted molar refractivity (Wildman–Crippen MR) is 140 cm³/mol. The Morgan fingerprint density at radius 2 is 1.60 bits per heavy atom. The number of phenols is 1. The summed E-state index contributed by atoms with van der Waals surface area (Å²) in [6, 6.07) is 26.1. The molecule has 0 aromatic heterocycles. The highest BCUT2D eigenvalue weighted by molar-refractivity contribution is 6.48. The van der Waals surface area contributed by atoms with Crippen LogP contribution in [0.4, 0.5) is 5.69 Å². The zero-order valence-corrected chi connectivity index (χ0v) is 19.8. The standard InChI is InChI=1S/C29H23ClN2O3/c1-2-23-26(28(34)20-12-11-18-7-3-4-8-19(18)17-20)31-32(22-15-13-21(30)14-16-22)27(23)29(35)24-9-5-6-10-25(24)33/h3-17,23,27,33H,2H2,1H3. The Morgan fingerprint density at radius 1 is 0.914 bits per heavy atom. The van der Waals surface area contributed by atoms with Crippen molar-refractivity contribution in [2.75, 3.05) is 5.01 Å². The average molecular weight is 483 g/mol. The van der Waals surface area contributed by atoms with Crippen LogP contribution in [-0.2, 0) is 0 Å². The topological polar surface area (TPSA) is 70.0 Å². The van der Waals surface area contributed by atoms with E-state index in [4.69, 9.17) is 16.7 Å². The van der Waals surface area contributed by atoms with E-state index in [1.54, 1.807) is 53.5 Å². The molecule has 174 valence electrons. The van der Waals surface area contributed by atoms with Crippen molar-refractivity contribution in [2.24, 2.45) is 11.0 Å². The smallest absolute Gasteiger partial charge is 0.209 e. The number of hydrazone groups is 1. The minimum Gasteiger partial charge on any atom is -0.507 e. The summed E-state index contributed by atoms with van der Waals surface area (Å²) < 4.78 is 0. The molecular weight excluding hydrogens is 460 g/mol. The Balaban J connectivity index is 1.60. The number of fused-ring (bicyclic) bond motifs is 1. The number of ketones is 2. The van der Waals surface area contributed by atoms with Crippen LogP contribution < -0.4 is 5.01 Å². The molecule has 5 rings (SSSR count). The van der Waals surface area contributed by atoms with Crippen LogP contribution >= 0.6 is 11.6 Å². The first-order valence-electron chi connectivity index (χ1n) is 11.5. The van der Waals surface area contributed by atoms with Crippen molar-refractivity contribution >= 4 is 45.3 Å². The molecule has 0 spiro atoms. The van der Waals surface area contributed by atoms with Crippen LogP contribution in [0.3, 0.4) is 0 Å². The van der Waals surface area contributed by atoms with Crippen LogP contribution in [0.5, 0.6) is 5.75 Å². The predicted octanol–water partition coefficient (Wildman–Crippen LogP) is 6.54. The van der Waals surface area contributed by atoms with Gasteiger partial charge in [-0.2, -0.15) is 5.10 Å². The number of phenolic OH excluding ortho intramolecular Hbond substituents is 1. The first kappa shape index (κ1) is 22.8. The number of nitrogens with zero attached hydrogens (tertiary/aromatic N) is 2. The minimum absolute atomic E-state index is 0.0993. The number of rotatable bonds is 6. The first-order chi connectivity index (χ1) is 17.0. The van der Waals surface area contributed by atoms with Crippen LogP contribution in [0.15, 0.2) is 96.1 Å². The van der Waals surface area contributed by atoms with Gasteiger partial charge in [0.1, 0.15) is 17.5 Å². The zero-order valence-electron chi connectivity index (χ0n) is 19.1. The maximum Gasteiger partial charge on any atom is 0.209 e. The van der Waals surface area contributed by atoms with Crippen molar-refractivity contribution in [1.82, 2.24) is 0 Å². The molecule has 1 aliphatic heterocycles. The van der Waals surface area contributed by atoms with E-state index >= 15 is 0 Å². The van der Waals surface area contributed by atoms with Gasteiger partial charge >= 0.3 is 0 Å². The highest BCUT2D eigenvalue weighted by Gasteiger charge is 2.45. The number of Topliss-reactive ketones (excluding diaryl/α,β-unsaturated/α-hetero) is 2. The fourth-order valence-electron chi connectivity index (χ4n) is 4.63. The van der Waals surface area contributed by atoms with Gasteiger partial charge in [0.25, 0.3) is 0 Å². The van der Waals surface area contributed by atoms with Crippen molar-refractivity contribution < 1.29 is 14.7 Å². The molecule has 1 N–H and O–H groups in total. The van der Waals surface area contributed by atoms with Gasteiger partial charge in [-0.1, -0.05) is 67.1 Å². The van der Waals surface area contributed by atoms with E-state index in [2.05, 4.69) is 0 Å². The van der Waals surface area contributed by atoms with Gasteiger partial charge in [-0.3, -0.25) is 14.6 Å². The van der Waals surface area contributed by atoms with Crippen LogP contribution in [0.1, 0.15) is 34.1 Å². The molecule has 1 aliphatic rings. The maximum atomic E-state index is 13.8. The maximum absolute atomic E-state index is 13.8. The molecule has 0 amide bonds. The lowest BCUT2D eigenvalue weighted by atomic mass is 9.84. The van der Waals surface area contributed by atoms with Gasteiger partial charge in [-0.15, -0.1) is 0 Å². The second-order valence-electron chi connectivity index (χ2n) is 8.54. The molecule has 0 saturated carbocycles. The molecular formula is C29H23ClN2O3. The van der Waals surface area contributed by atoms with E-state index in [1.165, 1.54) is 6.07 Å². The fourth-order valence-corrected chi connectivity index (χ4v) is 4.75. The van der Waals surface area contributed by atoms with Gasteiger partial charge in [0.15, 0.2) is 5.78 Å². The molecule has 35 heavy (non-hydrogen) atoms. The lowest BCUT2D eigenvalue weighted by molar-refractivity contribution is 0.0943. The molecule has 0 aliphatic carbocycles. The Bertz CT molecular complexity index is 1460. The summed E-state index contributed by atoms with van der Waals surface area (Å²) in [4.78, 5) is 27.5. The summed E-state index contributed by atoms with van der Waals surface area (Å²) in [5.41, 5.74) is 1.69. The number of para-hydroxylation sites is 1. The average Bonchev–Trinajstić information content (AvgIpc) is 3.28. The highest BCUT2D eigenvalue weighted by Crippen LogP contribution is 2.35. The second-order valence-corrected chi connectivity index (χ2v) is 8.97. The SMILES string of the molecule is CCC1C(C(=O)c2ccc3ccccc3c2)=NN(c2ccc(Cl)cc2)C1C(=O)c1ccccc1O. The minimum atomic E-state index is -0.783. The van der Waals surface area contributed by atoms with E-state index in [9.17, 15) is 14.7 Å². The number of aromatic hydroxyl groups is 1. The number of carbonyl (C=O) groups excluding carboxylic acids is 2. The van der Waals surface area contributed by atoms with E-state index in [0.717, 1.165) is 10.8 Å². The Hall–Kier alpha value is -3.96. The summed E-state index contributed by atoms with van der Waals surface area (Å²) in [5.74, 6) is -1.07. The molecule has 4 aromatic rings. The van der Waals surface area contributed by atoms with E-state index in [1.807, 2.05) is 43.3 Å². The largest absolute Gasteiger partial charge is 0.507 e. The number of anilines is 1. The summed E-state index contributed by atoms with van der Waals surface area (Å²) in [7, 11) is 0. The van der Waals surface area contributed by atoms with Gasteiger partial charge in [-0.05, 0) is 59.7 Å². The van der Waals surface area contributed by atoms with Crippen molar-refractivity contribution in [2.45, 2.75) is 19.4 Å². The van der Waals surface area contributed by atoms with Crippen LogP contribution in [0.2, 0.25) is 5.02 Å². The van der Waals surface area contributed by atoms with E-state index in [-0.39, 0.29) is 22.9 Å². The third-order valence-electron chi connectivity index (χ3n) is 6.42. The van der Waals surface area contributed by atoms with E-state index < -0.39 is 12.0 Å². The van der Waals surface area contributed by atoms with Gasteiger partial charge in [0.2, 0.25) is 5.78 Å². The number of hydrogen-bond acceptors (Lipinski definition) is 5. The van der Waals surface area contributed by atoms with Crippen LogP contribution in [0, 0.1) is 5.92 Å². The lowest BCUT2D eigenvalue weighted by Crippen LogP contribution is -2.41. The quantitative estimate of drug-likeness (QED) is 0.317. The molecule has 0 saturated heterocycles. The second kappa shape index (κ2) is 9.35. The Morgan fingerprint density at radius 3 is 2.31 bits per heavy atom. The lowest BCUT2D eigenvalue weighted by Gasteiger charge is -2.26. The third kappa shape index (κ3) is 4.19. The van der Waals surface area contributed by atoms with E-state index in [0.29, 0.717) is 28.4 Å². The summed E-state index contributed by atoms with van der Waals surface area (Å²) in [5, 5.41) is 19.2. The molecule has 2 atom stereocenters. The Kier molecular flexibility index (Phi) is 6.10. The van der Waals surface area contributed by atoms with Crippen LogP contribution in [0.25, 0.3) is 10.8 Å². The monoisotopic (exact) mass is 482 g/mol. The molecule has 1 heterocycles. The van der Waals surface area contributed by atoms with Gasteiger partial charge in [-0.25, -0.2) is 0 Å². The molecule has 0 fully saturated rings. The zero-order chi connectivity index (χ0) is 24.5. The van der Waals surface area contributed by atoms with Crippen LogP contribution in [-0.4, -0.2) is 28.4 Å². The fraction of sp³-hybridized carbons (Fsp3) is 0.138. The van der Waals surface area contributed by atoms with Gasteiger partial charge in [0, 0.05) is 16.5 Å². The molecule has 5 nitrogen and oxygen atoms in total. The first-order valence-corrected chi connectivity index (χ1v) is 11.8. The van der Waals surface area contributed by atoms with Crippen molar-refractivity contribution in [3.05, 3.63) is 107 Å². The number of hydrogen-bond donors (Lipinski definition) is 1. The number of carbonyl (C=O) groups is 2. The van der Waals surface area contributed by atoms with Crippen molar-refractivity contribution in [3.8, 4) is 5.75 Å². The molecule has 0 radical (unpaired) electrons. The summed E-state index contributed by atoms with van der Waals surface area (Å²) in [6.45, 7) is 1.93. The van der Waals surface area contributed by atoms with Gasteiger partial charge in [0.05, 0.1) is 11.3 Å².